The van der Waals surface area contributed by atoms with Crippen molar-refractivity contribution in [3.05, 3.63) is 24.1 Å². The summed E-state index contributed by atoms with van der Waals surface area (Å²) in [6, 6.07) is 2.36. The summed E-state index contributed by atoms with van der Waals surface area (Å²) in [6.45, 7) is 3.19. The Kier molecular flexibility index (Phi) is 3.88. The number of sulfonamides is 1. The van der Waals surface area contributed by atoms with E-state index in [1.807, 2.05) is 0 Å². The third-order valence-electron chi connectivity index (χ3n) is 1.72. The number of aromatic nitrogens is 1. The number of rotatable bonds is 4. The van der Waals surface area contributed by atoms with Gasteiger partial charge in [0.25, 0.3) is 10.0 Å². The third-order valence-corrected chi connectivity index (χ3v) is 4.02. The van der Waals surface area contributed by atoms with E-state index in [2.05, 4.69) is 9.71 Å². The number of pyridine rings is 1. The van der Waals surface area contributed by atoms with Crippen LogP contribution in [-0.2, 0) is 10.0 Å². The van der Waals surface area contributed by atoms with Crippen molar-refractivity contribution in [2.45, 2.75) is 24.4 Å². The van der Waals surface area contributed by atoms with Crippen LogP contribution in [-0.4, -0.2) is 24.8 Å². The van der Waals surface area contributed by atoms with Gasteiger partial charge in [-0.2, -0.15) is 0 Å². The maximum Gasteiger partial charge on any atom is 0.261 e. The van der Waals surface area contributed by atoms with Crippen LogP contribution in [0.15, 0.2) is 23.4 Å². The van der Waals surface area contributed by atoms with Gasteiger partial charge in [0.05, 0.1) is 0 Å². The normalized spacial score (nSPS) is 12.8. The molecule has 16 heavy (non-hydrogen) atoms. The number of nitrogens with one attached hydrogen (secondary N) is 1. The van der Waals surface area contributed by atoms with Crippen molar-refractivity contribution in [1.29, 1.82) is 0 Å². The Bertz CT molecular complexity index is 476. The summed E-state index contributed by atoms with van der Waals surface area (Å²) >= 11 is 5.59. The predicted molar refractivity (Wildman–Crippen MR) is 59.3 cm³/mol. The minimum Gasteiger partial charge on any atom is -0.241 e. The highest BCUT2D eigenvalue weighted by Crippen LogP contribution is 2.14. The first kappa shape index (κ1) is 13.3. The van der Waals surface area contributed by atoms with Gasteiger partial charge in [-0.3, -0.25) is 0 Å². The number of halogens is 2. The summed E-state index contributed by atoms with van der Waals surface area (Å²) in [5, 5.41) is -0.617. The molecule has 0 amide bonds. The Labute approximate surface area is 98.9 Å². The highest BCUT2D eigenvalue weighted by molar-refractivity contribution is 7.89. The molecule has 1 rings (SSSR count). The summed E-state index contributed by atoms with van der Waals surface area (Å²) in [5.41, 5.74) is -0.857. The topological polar surface area (TPSA) is 59.1 Å². The van der Waals surface area contributed by atoms with Crippen LogP contribution < -0.4 is 4.72 Å². The third kappa shape index (κ3) is 3.13. The van der Waals surface area contributed by atoms with Gasteiger partial charge in [0, 0.05) is 17.6 Å². The van der Waals surface area contributed by atoms with Gasteiger partial charge in [0.2, 0.25) is 5.03 Å². The monoisotopic (exact) mass is 266 g/mol. The molecule has 0 aromatic carbocycles. The molecule has 0 spiro atoms. The maximum atomic E-state index is 13.2. The summed E-state index contributed by atoms with van der Waals surface area (Å²) < 4.78 is 39.0. The van der Waals surface area contributed by atoms with Crippen molar-refractivity contribution in [2.24, 2.45) is 0 Å². The van der Waals surface area contributed by atoms with Crippen LogP contribution in [0.3, 0.4) is 0 Å². The van der Waals surface area contributed by atoms with Gasteiger partial charge < -0.3 is 0 Å². The minimum atomic E-state index is -3.98. The molecule has 90 valence electrons. The van der Waals surface area contributed by atoms with Gasteiger partial charge in [-0.1, -0.05) is 0 Å². The Balaban J connectivity index is 3.09. The van der Waals surface area contributed by atoms with Crippen LogP contribution in [0.4, 0.5) is 4.39 Å². The zero-order chi connectivity index (χ0) is 12.4. The molecule has 1 heterocycles. The van der Waals surface area contributed by atoms with Crippen molar-refractivity contribution in [3.63, 3.8) is 0 Å². The fourth-order valence-corrected chi connectivity index (χ4v) is 2.58. The summed E-state index contributed by atoms with van der Waals surface area (Å²) in [4.78, 5) is 3.50. The Morgan fingerprint density at radius 2 is 2.19 bits per heavy atom. The first-order valence-electron chi connectivity index (χ1n) is 4.49. The average Bonchev–Trinajstić information content (AvgIpc) is 2.16. The van der Waals surface area contributed by atoms with Crippen LogP contribution in [0, 0.1) is 5.82 Å². The Hall–Kier alpha value is -0.720. The molecule has 1 aromatic heterocycles. The highest BCUT2D eigenvalue weighted by Gasteiger charge is 2.28. The zero-order valence-corrected chi connectivity index (χ0v) is 10.4. The Morgan fingerprint density at radius 3 is 2.69 bits per heavy atom. The molecule has 0 unspecified atom stereocenters. The van der Waals surface area contributed by atoms with Crippen LogP contribution in [0.5, 0.6) is 0 Å². The molecular weight excluding hydrogens is 255 g/mol. The van der Waals surface area contributed by atoms with Gasteiger partial charge in [0.1, 0.15) is 0 Å². The standard InChI is InChI=1S/C9H12ClFN2O2S/c1-9(2,6-10)13-16(14,15)8-7(11)4-3-5-12-8/h3-5,13H,6H2,1-2H3. The van der Waals surface area contributed by atoms with Crippen molar-refractivity contribution < 1.29 is 12.8 Å². The van der Waals surface area contributed by atoms with Crippen LogP contribution in [0.1, 0.15) is 13.8 Å². The van der Waals surface area contributed by atoms with E-state index in [4.69, 9.17) is 11.6 Å². The van der Waals surface area contributed by atoms with Crippen molar-refractivity contribution in [2.75, 3.05) is 5.88 Å². The van der Waals surface area contributed by atoms with Gasteiger partial charge in [-0.15, -0.1) is 11.6 Å². The van der Waals surface area contributed by atoms with Crippen LogP contribution >= 0.6 is 11.6 Å². The van der Waals surface area contributed by atoms with E-state index in [-0.39, 0.29) is 5.88 Å². The van der Waals surface area contributed by atoms with E-state index < -0.39 is 26.4 Å². The first-order valence-corrected chi connectivity index (χ1v) is 6.51. The zero-order valence-electron chi connectivity index (χ0n) is 8.87. The molecule has 0 atom stereocenters. The molecule has 1 N–H and O–H groups in total. The van der Waals surface area contributed by atoms with Gasteiger partial charge in [-0.25, -0.2) is 22.5 Å². The van der Waals surface area contributed by atoms with Gasteiger partial charge in [-0.05, 0) is 26.0 Å². The van der Waals surface area contributed by atoms with E-state index >= 15 is 0 Å². The first-order chi connectivity index (χ1) is 7.28. The molecule has 0 saturated heterocycles. The largest absolute Gasteiger partial charge is 0.261 e. The molecule has 1 aromatic rings. The molecule has 0 radical (unpaired) electrons. The lowest BCUT2D eigenvalue weighted by atomic mass is 10.1. The molecule has 0 saturated carbocycles. The molecule has 0 aliphatic carbocycles. The lowest BCUT2D eigenvalue weighted by Crippen LogP contribution is -2.45. The van der Waals surface area contributed by atoms with Crippen molar-refractivity contribution in [1.82, 2.24) is 9.71 Å². The van der Waals surface area contributed by atoms with Crippen LogP contribution in [0.25, 0.3) is 0 Å². The van der Waals surface area contributed by atoms with Crippen LogP contribution in [0.2, 0.25) is 0 Å². The van der Waals surface area contributed by atoms with E-state index in [0.29, 0.717) is 0 Å². The van der Waals surface area contributed by atoms with Crippen molar-refractivity contribution in [3.8, 4) is 0 Å². The average molecular weight is 267 g/mol. The summed E-state index contributed by atoms with van der Waals surface area (Å²) in [7, 11) is -3.98. The second-order valence-corrected chi connectivity index (χ2v) is 5.78. The minimum absolute atomic E-state index is 0.0701. The quantitative estimate of drug-likeness (QED) is 0.841. The molecular formula is C9H12ClFN2O2S. The van der Waals surface area contributed by atoms with E-state index in [9.17, 15) is 12.8 Å². The lowest BCUT2D eigenvalue weighted by Gasteiger charge is -2.22. The van der Waals surface area contributed by atoms with Gasteiger partial charge >= 0.3 is 0 Å². The van der Waals surface area contributed by atoms with E-state index in [1.54, 1.807) is 13.8 Å². The van der Waals surface area contributed by atoms with Gasteiger partial charge in [0.15, 0.2) is 5.82 Å². The molecule has 0 aliphatic rings. The molecule has 7 heteroatoms. The maximum absolute atomic E-state index is 13.2. The van der Waals surface area contributed by atoms with E-state index in [1.165, 1.54) is 12.3 Å². The number of hydrogen-bond donors (Lipinski definition) is 1. The smallest absolute Gasteiger partial charge is 0.241 e. The fourth-order valence-electron chi connectivity index (χ4n) is 1.01. The Morgan fingerprint density at radius 1 is 1.56 bits per heavy atom. The van der Waals surface area contributed by atoms with Crippen molar-refractivity contribution >= 4 is 21.6 Å². The second kappa shape index (κ2) is 4.65. The molecule has 0 bridgehead atoms. The highest BCUT2D eigenvalue weighted by atomic mass is 35.5. The predicted octanol–water partition coefficient (Wildman–Crippen LogP) is 1.52. The molecule has 0 aliphatic heterocycles. The number of hydrogen-bond acceptors (Lipinski definition) is 3. The lowest BCUT2D eigenvalue weighted by molar-refractivity contribution is 0.486. The molecule has 4 nitrogen and oxygen atoms in total. The second-order valence-electron chi connectivity index (χ2n) is 3.91. The number of nitrogens with zero attached hydrogens (tertiary/aromatic N) is 1. The number of alkyl halides is 1. The molecule has 0 fully saturated rings. The summed E-state index contributed by atoms with van der Waals surface area (Å²) in [5.74, 6) is -0.818. The SMILES string of the molecule is CC(C)(CCl)NS(=O)(=O)c1ncccc1F. The van der Waals surface area contributed by atoms with E-state index in [0.717, 1.165) is 6.07 Å². The summed E-state index contributed by atoms with van der Waals surface area (Å²) in [6.07, 6.45) is 1.21. The fraction of sp³-hybridized carbons (Fsp3) is 0.444.